The summed E-state index contributed by atoms with van der Waals surface area (Å²) in [5, 5.41) is 3.46. The molecule has 4 rings (SSSR count). The number of halogens is 1. The van der Waals surface area contributed by atoms with Gasteiger partial charge in [0, 0.05) is 23.7 Å². The summed E-state index contributed by atoms with van der Waals surface area (Å²) in [6.07, 6.45) is 1.76. The maximum absolute atomic E-state index is 14.2. The van der Waals surface area contributed by atoms with Crippen molar-refractivity contribution in [1.82, 2.24) is 15.7 Å². The van der Waals surface area contributed by atoms with Gasteiger partial charge in [0.15, 0.2) is 0 Å². The highest BCUT2D eigenvalue weighted by atomic mass is 19.1. The zero-order valence-corrected chi connectivity index (χ0v) is 21.6. The van der Waals surface area contributed by atoms with Crippen LogP contribution in [0.1, 0.15) is 59.9 Å². The molecular weight excluding hydrogens is 443 g/mol. The normalized spacial score (nSPS) is 23.4. The monoisotopic (exact) mass is 480 g/mol. The second-order valence-corrected chi connectivity index (χ2v) is 11.1. The van der Waals surface area contributed by atoms with Crippen LogP contribution in [0.3, 0.4) is 0 Å². The average molecular weight is 481 g/mol. The number of carbonyl (C=O) groups is 1. The molecule has 0 saturated carbocycles. The summed E-state index contributed by atoms with van der Waals surface area (Å²) in [4.78, 5) is 26.4. The zero-order chi connectivity index (χ0) is 25.4. The maximum atomic E-state index is 14.2. The number of benzene rings is 2. The Balaban J connectivity index is 1.55. The molecule has 0 spiro atoms. The quantitative estimate of drug-likeness (QED) is 0.611. The third-order valence-corrected chi connectivity index (χ3v) is 6.76. The van der Waals surface area contributed by atoms with E-state index in [-0.39, 0.29) is 35.3 Å². The Bertz CT molecular complexity index is 1090. The molecular formula is C28H37FN4O2. The molecule has 2 heterocycles. The lowest BCUT2D eigenvalue weighted by atomic mass is 9.85. The number of likely N-dealkylation sites (tertiary alicyclic amines) is 1. The molecule has 0 aromatic heterocycles. The van der Waals surface area contributed by atoms with Crippen molar-refractivity contribution in [2.24, 2.45) is 10.4 Å². The summed E-state index contributed by atoms with van der Waals surface area (Å²) in [6, 6.07) is 14.1. The lowest BCUT2D eigenvalue weighted by molar-refractivity contribution is -0.136. The molecule has 6 nitrogen and oxygen atoms in total. The minimum Gasteiger partial charge on any atom is -0.331 e. The number of nitrogens with zero attached hydrogens (tertiary/aromatic N) is 2. The first-order chi connectivity index (χ1) is 16.5. The molecule has 2 aromatic carbocycles. The molecule has 2 aromatic rings. The first-order valence-electron chi connectivity index (χ1n) is 12.5. The fraction of sp³-hybridized carbons (Fsp3) is 0.500. The molecule has 7 heteroatoms. The lowest BCUT2D eigenvalue weighted by Gasteiger charge is -2.36. The first kappa shape index (κ1) is 25.3. The van der Waals surface area contributed by atoms with Gasteiger partial charge in [0.05, 0.1) is 12.1 Å². The van der Waals surface area contributed by atoms with Gasteiger partial charge < -0.3 is 10.2 Å². The Morgan fingerprint density at radius 1 is 1.20 bits per heavy atom. The minimum atomic E-state index is -0.931. The van der Waals surface area contributed by atoms with Crippen molar-refractivity contribution in [3.8, 4) is 11.1 Å². The van der Waals surface area contributed by atoms with E-state index >= 15 is 0 Å². The van der Waals surface area contributed by atoms with Crippen LogP contribution in [0.25, 0.3) is 11.1 Å². The van der Waals surface area contributed by atoms with E-state index in [0.717, 1.165) is 24.0 Å². The van der Waals surface area contributed by atoms with E-state index in [0.29, 0.717) is 17.9 Å². The minimum absolute atomic E-state index is 0.0982. The van der Waals surface area contributed by atoms with E-state index in [4.69, 9.17) is 9.83 Å². The fourth-order valence-corrected chi connectivity index (χ4v) is 4.85. The number of carbonyl (C=O) groups excluding carboxylic acids is 1. The van der Waals surface area contributed by atoms with E-state index in [9.17, 15) is 9.18 Å². The van der Waals surface area contributed by atoms with Crippen molar-refractivity contribution in [2.75, 3.05) is 6.54 Å². The number of amidine groups is 1. The van der Waals surface area contributed by atoms with Gasteiger partial charge in [0.25, 0.3) is 0 Å². The van der Waals surface area contributed by atoms with Gasteiger partial charge in [0.1, 0.15) is 11.7 Å². The molecule has 1 amide bonds. The summed E-state index contributed by atoms with van der Waals surface area (Å²) in [7, 11) is 0. The molecule has 35 heavy (non-hydrogen) atoms. The third kappa shape index (κ3) is 5.26. The van der Waals surface area contributed by atoms with Crippen molar-refractivity contribution in [3.05, 3.63) is 59.9 Å². The van der Waals surface area contributed by atoms with E-state index < -0.39 is 5.72 Å². The Hall–Kier alpha value is -2.77. The standard InChI is InChI=1S/C28H37FN4O2/c1-18(2)30-24(27(3,4)5)26(34)33-17-9-12-23(33)25-31-28(6,35-32-25)20-15-13-19(14-16-20)21-10-7-8-11-22(21)29/h7-8,10-11,13-16,18,23-24,30H,9,12,17H2,1-6H3,(H,31,32)/t23-,24+,28?/m0/s1. The molecule has 2 aliphatic heterocycles. The maximum Gasteiger partial charge on any atom is 0.240 e. The second-order valence-electron chi connectivity index (χ2n) is 11.1. The van der Waals surface area contributed by atoms with Crippen LogP contribution in [-0.4, -0.2) is 41.3 Å². The van der Waals surface area contributed by atoms with Crippen LogP contribution in [0.4, 0.5) is 4.39 Å². The smallest absolute Gasteiger partial charge is 0.240 e. The number of hydroxylamine groups is 1. The second kappa shape index (κ2) is 9.70. The Kier molecular flexibility index (Phi) is 7.02. The van der Waals surface area contributed by atoms with Crippen molar-refractivity contribution in [1.29, 1.82) is 0 Å². The van der Waals surface area contributed by atoms with Crippen LogP contribution < -0.4 is 10.8 Å². The molecule has 1 saturated heterocycles. The number of hydrogen-bond acceptors (Lipinski definition) is 5. The molecule has 1 fully saturated rings. The number of hydrogen-bond donors (Lipinski definition) is 2. The van der Waals surface area contributed by atoms with Gasteiger partial charge in [-0.2, -0.15) is 0 Å². The van der Waals surface area contributed by atoms with Crippen LogP contribution in [0.15, 0.2) is 53.5 Å². The van der Waals surface area contributed by atoms with Gasteiger partial charge in [-0.1, -0.05) is 77.1 Å². The van der Waals surface area contributed by atoms with Crippen LogP contribution >= 0.6 is 0 Å². The largest absolute Gasteiger partial charge is 0.331 e. The van der Waals surface area contributed by atoms with E-state index in [1.807, 2.05) is 42.2 Å². The fourth-order valence-electron chi connectivity index (χ4n) is 4.85. The lowest BCUT2D eigenvalue weighted by Crippen LogP contribution is -2.57. The van der Waals surface area contributed by atoms with Crippen molar-refractivity contribution in [2.45, 2.75) is 78.2 Å². The SMILES string of the molecule is CC(C)N[C@H](C(=O)N1CCC[C@H]1C1=NC(C)(c2ccc(-c3ccccc3F)cc2)ON1)C(C)(C)C. The highest BCUT2D eigenvalue weighted by Gasteiger charge is 2.44. The summed E-state index contributed by atoms with van der Waals surface area (Å²) in [5.41, 5.74) is 4.08. The number of rotatable bonds is 6. The van der Waals surface area contributed by atoms with Crippen LogP contribution in [0.2, 0.25) is 0 Å². The third-order valence-electron chi connectivity index (χ3n) is 6.76. The molecule has 1 unspecified atom stereocenters. The summed E-state index contributed by atoms with van der Waals surface area (Å²) >= 11 is 0. The van der Waals surface area contributed by atoms with Gasteiger partial charge in [-0.3, -0.25) is 4.79 Å². The predicted octanol–water partition coefficient (Wildman–Crippen LogP) is 5.00. The van der Waals surface area contributed by atoms with Crippen molar-refractivity contribution < 1.29 is 14.0 Å². The van der Waals surface area contributed by atoms with Crippen LogP contribution in [-0.2, 0) is 15.4 Å². The molecule has 2 N–H and O–H groups in total. The van der Waals surface area contributed by atoms with Gasteiger partial charge in [-0.25, -0.2) is 19.7 Å². The van der Waals surface area contributed by atoms with Crippen molar-refractivity contribution >= 4 is 11.7 Å². The van der Waals surface area contributed by atoms with E-state index in [1.54, 1.807) is 12.1 Å². The molecule has 2 aliphatic rings. The molecule has 0 bridgehead atoms. The van der Waals surface area contributed by atoms with Crippen molar-refractivity contribution in [3.63, 3.8) is 0 Å². The van der Waals surface area contributed by atoms with Crippen LogP contribution in [0.5, 0.6) is 0 Å². The average Bonchev–Trinajstić information content (AvgIpc) is 3.44. The van der Waals surface area contributed by atoms with Gasteiger partial charge in [0.2, 0.25) is 11.6 Å². The summed E-state index contributed by atoms with van der Waals surface area (Å²) < 4.78 is 14.2. The first-order valence-corrected chi connectivity index (χ1v) is 12.5. The molecule has 0 radical (unpaired) electrons. The predicted molar refractivity (Wildman–Crippen MR) is 137 cm³/mol. The highest BCUT2D eigenvalue weighted by Crippen LogP contribution is 2.34. The van der Waals surface area contributed by atoms with Gasteiger partial charge >= 0.3 is 0 Å². The summed E-state index contributed by atoms with van der Waals surface area (Å²) in [6.45, 7) is 13.0. The molecule has 0 aliphatic carbocycles. The highest BCUT2D eigenvalue weighted by molar-refractivity contribution is 5.94. The van der Waals surface area contributed by atoms with Crippen LogP contribution in [0, 0.1) is 11.2 Å². The summed E-state index contributed by atoms with van der Waals surface area (Å²) in [5.74, 6) is 0.520. The van der Waals surface area contributed by atoms with E-state index in [2.05, 4.69) is 45.4 Å². The van der Waals surface area contributed by atoms with E-state index in [1.165, 1.54) is 6.07 Å². The Labute approximate surface area is 207 Å². The Morgan fingerprint density at radius 3 is 2.51 bits per heavy atom. The number of amides is 1. The topological polar surface area (TPSA) is 66.0 Å². The van der Waals surface area contributed by atoms with Gasteiger partial charge in [-0.05, 0) is 36.8 Å². The zero-order valence-electron chi connectivity index (χ0n) is 21.6. The molecule has 3 atom stereocenters. The number of nitrogens with one attached hydrogen (secondary N) is 2. The van der Waals surface area contributed by atoms with Gasteiger partial charge in [-0.15, -0.1) is 0 Å². The Morgan fingerprint density at radius 2 is 1.89 bits per heavy atom. The molecule has 188 valence electrons. The number of aliphatic imine (C=N–C) groups is 1.